The molecule has 1 amide bonds. The number of carbonyl (C=O) groups is 1. The monoisotopic (exact) mass is 392 g/mol. The van der Waals surface area contributed by atoms with Crippen LogP contribution in [0.4, 0.5) is 0 Å². The van der Waals surface area contributed by atoms with Crippen molar-refractivity contribution in [2.75, 3.05) is 6.61 Å². The van der Waals surface area contributed by atoms with Crippen LogP contribution in [0.5, 0.6) is 5.75 Å². The van der Waals surface area contributed by atoms with Gasteiger partial charge in [-0.1, -0.05) is 30.3 Å². The third kappa shape index (κ3) is 3.77. The van der Waals surface area contributed by atoms with Gasteiger partial charge in [0.1, 0.15) is 11.4 Å². The van der Waals surface area contributed by atoms with Crippen LogP contribution in [0.15, 0.2) is 64.8 Å². The number of amides is 1. The average molecular weight is 392 g/mol. The van der Waals surface area contributed by atoms with Crippen molar-refractivity contribution < 1.29 is 9.53 Å². The zero-order valence-electron chi connectivity index (χ0n) is 14.7. The van der Waals surface area contributed by atoms with Crippen molar-refractivity contribution in [1.82, 2.24) is 14.6 Å². The standard InChI is InChI=1S/C20H16N4O3S/c21-18(25)11-27-15-8-6-14(7-9-15)17-12-28-20-22-19(26)16(23-24(17)20)10-13-4-2-1-3-5-13/h1-9,12H,10-11H2,(H2,21,25). The topological polar surface area (TPSA) is 99.6 Å². The summed E-state index contributed by atoms with van der Waals surface area (Å²) >= 11 is 1.35. The Morgan fingerprint density at radius 1 is 1.11 bits per heavy atom. The molecule has 0 saturated heterocycles. The molecule has 0 aliphatic rings. The number of rotatable bonds is 6. The van der Waals surface area contributed by atoms with Crippen LogP contribution in [0.1, 0.15) is 11.3 Å². The zero-order chi connectivity index (χ0) is 19.5. The molecule has 2 aromatic heterocycles. The second kappa shape index (κ2) is 7.61. The fourth-order valence-electron chi connectivity index (χ4n) is 2.76. The molecule has 2 heterocycles. The summed E-state index contributed by atoms with van der Waals surface area (Å²) < 4.78 is 6.96. The summed E-state index contributed by atoms with van der Waals surface area (Å²) in [7, 11) is 0. The van der Waals surface area contributed by atoms with Gasteiger partial charge in [-0.25, -0.2) is 4.52 Å². The number of benzene rings is 2. The lowest BCUT2D eigenvalue weighted by Gasteiger charge is -2.06. The first-order valence-electron chi connectivity index (χ1n) is 8.53. The average Bonchev–Trinajstić information content (AvgIpc) is 3.10. The predicted molar refractivity (Wildman–Crippen MR) is 107 cm³/mol. The molecule has 0 radical (unpaired) electrons. The highest BCUT2D eigenvalue weighted by atomic mass is 32.1. The van der Waals surface area contributed by atoms with Gasteiger partial charge in [-0.3, -0.25) is 9.59 Å². The number of thiazole rings is 1. The molecule has 8 heteroatoms. The van der Waals surface area contributed by atoms with Gasteiger partial charge in [0.25, 0.3) is 11.5 Å². The number of primary amides is 1. The summed E-state index contributed by atoms with van der Waals surface area (Å²) in [5.74, 6) is 0.0166. The molecule has 0 aliphatic carbocycles. The molecule has 140 valence electrons. The SMILES string of the molecule is NC(=O)COc1ccc(-c2csc3nc(=O)c(Cc4ccccc4)nn23)cc1. The van der Waals surface area contributed by atoms with Gasteiger partial charge in [0.05, 0.1) is 5.69 Å². The van der Waals surface area contributed by atoms with E-state index in [0.29, 0.717) is 22.8 Å². The lowest BCUT2D eigenvalue weighted by Crippen LogP contribution is -2.20. The second-order valence-corrected chi connectivity index (χ2v) is 6.96. The number of nitrogens with two attached hydrogens (primary N) is 1. The third-order valence-corrected chi connectivity index (χ3v) is 4.91. The maximum atomic E-state index is 12.3. The van der Waals surface area contributed by atoms with Crippen molar-refractivity contribution in [1.29, 1.82) is 0 Å². The Hall–Kier alpha value is -3.52. The lowest BCUT2D eigenvalue weighted by atomic mass is 10.1. The van der Waals surface area contributed by atoms with Gasteiger partial charge in [-0.05, 0) is 29.8 Å². The van der Waals surface area contributed by atoms with E-state index in [1.807, 2.05) is 47.8 Å². The van der Waals surface area contributed by atoms with Crippen molar-refractivity contribution in [2.24, 2.45) is 5.73 Å². The molecule has 0 fully saturated rings. The molecule has 2 N–H and O–H groups in total. The van der Waals surface area contributed by atoms with Crippen LogP contribution >= 0.6 is 11.3 Å². The highest BCUT2D eigenvalue weighted by Gasteiger charge is 2.12. The molecule has 2 aromatic carbocycles. The molecule has 0 atom stereocenters. The minimum Gasteiger partial charge on any atom is -0.484 e. The van der Waals surface area contributed by atoms with Gasteiger partial charge in [-0.2, -0.15) is 10.1 Å². The quantitative estimate of drug-likeness (QED) is 0.543. The van der Waals surface area contributed by atoms with Crippen molar-refractivity contribution in [3.8, 4) is 17.0 Å². The Labute approximate surface area is 164 Å². The van der Waals surface area contributed by atoms with Crippen molar-refractivity contribution in [2.45, 2.75) is 6.42 Å². The van der Waals surface area contributed by atoms with Crippen LogP contribution in [0.3, 0.4) is 0 Å². The minimum atomic E-state index is -0.530. The van der Waals surface area contributed by atoms with Crippen molar-refractivity contribution in [3.63, 3.8) is 0 Å². The Kier molecular flexibility index (Phi) is 4.86. The fourth-order valence-corrected chi connectivity index (χ4v) is 3.59. The van der Waals surface area contributed by atoms with Gasteiger partial charge in [0.2, 0.25) is 4.96 Å². The summed E-state index contributed by atoms with van der Waals surface area (Å²) in [4.78, 5) is 27.8. The van der Waals surface area contributed by atoms with E-state index in [1.54, 1.807) is 16.6 Å². The largest absolute Gasteiger partial charge is 0.484 e. The second-order valence-electron chi connectivity index (χ2n) is 6.12. The first-order chi connectivity index (χ1) is 13.6. The van der Waals surface area contributed by atoms with Gasteiger partial charge >= 0.3 is 0 Å². The molecule has 0 aliphatic heterocycles. The number of carbonyl (C=O) groups excluding carboxylic acids is 1. The highest BCUT2D eigenvalue weighted by molar-refractivity contribution is 7.15. The van der Waals surface area contributed by atoms with Crippen molar-refractivity contribution in [3.05, 3.63) is 81.6 Å². The molecule has 0 unspecified atom stereocenters. The third-order valence-electron chi connectivity index (χ3n) is 4.10. The highest BCUT2D eigenvalue weighted by Crippen LogP contribution is 2.26. The minimum absolute atomic E-state index is 0.171. The molecule has 4 rings (SSSR count). The van der Waals surface area contributed by atoms with Crippen LogP contribution < -0.4 is 16.0 Å². The Balaban J connectivity index is 1.67. The van der Waals surface area contributed by atoms with Crippen LogP contribution in [0.2, 0.25) is 0 Å². The maximum Gasteiger partial charge on any atom is 0.296 e. The molecular weight excluding hydrogens is 376 g/mol. The molecule has 4 aromatic rings. The number of fused-ring (bicyclic) bond motifs is 1. The Bertz CT molecular complexity index is 1180. The van der Waals surface area contributed by atoms with E-state index < -0.39 is 5.91 Å². The van der Waals surface area contributed by atoms with Crippen LogP contribution in [-0.4, -0.2) is 27.1 Å². The van der Waals surface area contributed by atoms with E-state index in [0.717, 1.165) is 16.8 Å². The molecule has 0 bridgehead atoms. The molecule has 0 spiro atoms. The zero-order valence-corrected chi connectivity index (χ0v) is 15.6. The van der Waals surface area contributed by atoms with Crippen molar-refractivity contribution >= 4 is 22.2 Å². The van der Waals surface area contributed by atoms with Gasteiger partial charge in [-0.15, -0.1) is 11.3 Å². The molecule has 0 saturated carbocycles. The predicted octanol–water partition coefficient (Wildman–Crippen LogP) is 2.27. The summed E-state index contributed by atoms with van der Waals surface area (Å²) in [6.45, 7) is -0.171. The molecule has 7 nitrogen and oxygen atoms in total. The first-order valence-corrected chi connectivity index (χ1v) is 9.41. The van der Waals surface area contributed by atoms with Gasteiger partial charge in [0.15, 0.2) is 6.61 Å². The van der Waals surface area contributed by atoms with Gasteiger partial charge in [0, 0.05) is 17.4 Å². The van der Waals surface area contributed by atoms with E-state index in [1.165, 1.54) is 11.3 Å². The smallest absolute Gasteiger partial charge is 0.296 e. The van der Waals surface area contributed by atoms with E-state index in [2.05, 4.69) is 10.1 Å². The summed E-state index contributed by atoms with van der Waals surface area (Å²) in [5, 5.41) is 6.45. The van der Waals surface area contributed by atoms with Crippen LogP contribution in [0.25, 0.3) is 16.2 Å². The summed E-state index contributed by atoms with van der Waals surface area (Å²) in [5.41, 5.74) is 7.88. The normalized spacial score (nSPS) is 10.9. The van der Waals surface area contributed by atoms with E-state index in [9.17, 15) is 9.59 Å². The molecular formula is C20H16N4O3S. The summed E-state index contributed by atoms with van der Waals surface area (Å²) in [6.07, 6.45) is 0.421. The van der Waals surface area contributed by atoms with E-state index in [-0.39, 0.29) is 12.2 Å². The Morgan fingerprint density at radius 2 is 1.86 bits per heavy atom. The Morgan fingerprint density at radius 3 is 2.57 bits per heavy atom. The van der Waals surface area contributed by atoms with E-state index in [4.69, 9.17) is 10.5 Å². The molecule has 28 heavy (non-hydrogen) atoms. The van der Waals surface area contributed by atoms with Crippen LogP contribution in [-0.2, 0) is 11.2 Å². The van der Waals surface area contributed by atoms with Gasteiger partial charge < -0.3 is 10.5 Å². The first kappa shape index (κ1) is 17.9. The number of hydrogen-bond donors (Lipinski definition) is 1. The fraction of sp³-hybridized carbons (Fsp3) is 0.100. The van der Waals surface area contributed by atoms with Crippen LogP contribution in [0, 0.1) is 0 Å². The maximum absolute atomic E-state index is 12.3. The summed E-state index contributed by atoms with van der Waals surface area (Å²) in [6, 6.07) is 16.9. The van der Waals surface area contributed by atoms with E-state index >= 15 is 0 Å². The lowest BCUT2D eigenvalue weighted by molar-refractivity contribution is -0.119. The number of aromatic nitrogens is 3. The number of nitrogens with zero attached hydrogens (tertiary/aromatic N) is 3. The number of ether oxygens (including phenoxy) is 1. The number of hydrogen-bond acceptors (Lipinski definition) is 6.